The van der Waals surface area contributed by atoms with Gasteiger partial charge in [0.15, 0.2) is 5.12 Å². The molecule has 0 unspecified atom stereocenters. The fraction of sp³-hybridized carbons (Fsp3) is 0.462. The Labute approximate surface area is 96.3 Å². The molecule has 0 aliphatic heterocycles. The van der Waals surface area contributed by atoms with Crippen LogP contribution in [0.2, 0.25) is 0 Å². The van der Waals surface area contributed by atoms with E-state index in [0.717, 1.165) is 18.6 Å². The van der Waals surface area contributed by atoms with Gasteiger partial charge >= 0.3 is 0 Å². The molecule has 0 aromatic heterocycles. The van der Waals surface area contributed by atoms with Crippen LogP contribution in [0.3, 0.4) is 0 Å². The molecule has 0 atom stereocenters. The van der Waals surface area contributed by atoms with Gasteiger partial charge in [-0.3, -0.25) is 4.79 Å². The number of hydrogen-bond donors (Lipinski definition) is 0. The summed E-state index contributed by atoms with van der Waals surface area (Å²) >= 11 is 1.45. The molecule has 0 aliphatic rings. The van der Waals surface area contributed by atoms with Gasteiger partial charge in [-0.25, -0.2) is 0 Å². The van der Waals surface area contributed by atoms with Crippen molar-refractivity contribution in [3.8, 4) is 0 Å². The minimum Gasteiger partial charge on any atom is -0.287 e. The fourth-order valence-electron chi connectivity index (χ4n) is 1.47. The third kappa shape index (κ3) is 4.08. The topological polar surface area (TPSA) is 17.1 Å². The van der Waals surface area contributed by atoms with Gasteiger partial charge in [-0.1, -0.05) is 55.9 Å². The van der Waals surface area contributed by atoms with Crippen molar-refractivity contribution in [2.45, 2.75) is 32.4 Å². The van der Waals surface area contributed by atoms with Crippen LogP contribution in [0.4, 0.5) is 0 Å². The molecule has 0 fully saturated rings. The summed E-state index contributed by atoms with van der Waals surface area (Å²) in [6.45, 7) is 4.16. The number of carbonyl (C=O) groups excluding carboxylic acids is 1. The summed E-state index contributed by atoms with van der Waals surface area (Å²) < 4.78 is 0. The molecular weight excluding hydrogens is 204 g/mol. The molecular formula is C13H18OS. The maximum absolute atomic E-state index is 11.7. The van der Waals surface area contributed by atoms with E-state index in [-0.39, 0.29) is 5.92 Å². The number of thioether (sulfide) groups is 1. The molecule has 1 aromatic rings. The quantitative estimate of drug-likeness (QED) is 0.752. The first-order chi connectivity index (χ1) is 7.27. The van der Waals surface area contributed by atoms with Crippen LogP contribution in [0, 0.1) is 5.92 Å². The maximum atomic E-state index is 11.7. The fourth-order valence-corrected chi connectivity index (χ4v) is 2.54. The second-order valence-corrected chi connectivity index (χ2v) is 4.59. The Kier molecular flexibility index (Phi) is 5.48. The molecule has 1 rings (SSSR count). The van der Waals surface area contributed by atoms with E-state index in [1.807, 2.05) is 18.2 Å². The molecule has 0 heterocycles. The number of rotatable bonds is 5. The van der Waals surface area contributed by atoms with Crippen LogP contribution in [-0.4, -0.2) is 5.12 Å². The highest BCUT2D eigenvalue weighted by Crippen LogP contribution is 2.21. The van der Waals surface area contributed by atoms with Gasteiger partial charge in [0, 0.05) is 11.7 Å². The summed E-state index contributed by atoms with van der Waals surface area (Å²) in [6, 6.07) is 10.1. The molecule has 1 nitrogen and oxygen atoms in total. The first-order valence-corrected chi connectivity index (χ1v) is 6.47. The summed E-state index contributed by atoms with van der Waals surface area (Å²) in [6.07, 6.45) is 1.91. The van der Waals surface area contributed by atoms with Gasteiger partial charge in [0.25, 0.3) is 0 Å². The predicted molar refractivity (Wildman–Crippen MR) is 66.8 cm³/mol. The van der Waals surface area contributed by atoms with Gasteiger partial charge in [0.1, 0.15) is 0 Å². The van der Waals surface area contributed by atoms with Crippen LogP contribution in [0.5, 0.6) is 0 Å². The monoisotopic (exact) mass is 222 g/mol. The van der Waals surface area contributed by atoms with Gasteiger partial charge in [-0.15, -0.1) is 0 Å². The molecule has 0 bridgehead atoms. The van der Waals surface area contributed by atoms with Crippen LogP contribution < -0.4 is 0 Å². The zero-order valence-corrected chi connectivity index (χ0v) is 10.2. The van der Waals surface area contributed by atoms with Crippen molar-refractivity contribution in [2.24, 2.45) is 5.92 Å². The van der Waals surface area contributed by atoms with Gasteiger partial charge in [0.2, 0.25) is 0 Å². The van der Waals surface area contributed by atoms with Crippen LogP contribution in [-0.2, 0) is 10.5 Å². The van der Waals surface area contributed by atoms with E-state index in [1.54, 1.807) is 0 Å². The zero-order valence-electron chi connectivity index (χ0n) is 9.40. The van der Waals surface area contributed by atoms with Crippen molar-refractivity contribution in [1.29, 1.82) is 0 Å². The van der Waals surface area contributed by atoms with Crippen molar-refractivity contribution in [1.82, 2.24) is 0 Å². The standard InChI is InChI=1S/C13H18OS/c1-3-12(4-2)13(14)15-10-11-8-6-5-7-9-11/h5-9,12H,3-4,10H2,1-2H3. The van der Waals surface area contributed by atoms with Crippen LogP contribution in [0.1, 0.15) is 32.3 Å². The maximum Gasteiger partial charge on any atom is 0.192 e. The minimum absolute atomic E-state index is 0.235. The molecule has 0 saturated carbocycles. The summed E-state index contributed by atoms with van der Waals surface area (Å²) in [5.74, 6) is 1.04. The van der Waals surface area contributed by atoms with E-state index in [2.05, 4.69) is 26.0 Å². The smallest absolute Gasteiger partial charge is 0.192 e. The largest absolute Gasteiger partial charge is 0.287 e. The van der Waals surface area contributed by atoms with Gasteiger partial charge in [-0.05, 0) is 18.4 Å². The van der Waals surface area contributed by atoms with E-state index in [4.69, 9.17) is 0 Å². The molecule has 1 aromatic carbocycles. The van der Waals surface area contributed by atoms with Crippen molar-refractivity contribution in [3.63, 3.8) is 0 Å². The summed E-state index contributed by atoms with van der Waals surface area (Å²) in [4.78, 5) is 11.7. The van der Waals surface area contributed by atoms with E-state index in [9.17, 15) is 4.79 Å². The summed E-state index contributed by atoms with van der Waals surface area (Å²) in [5, 5.41) is 0.337. The highest BCUT2D eigenvalue weighted by atomic mass is 32.2. The van der Waals surface area contributed by atoms with Crippen LogP contribution in [0.15, 0.2) is 30.3 Å². The summed E-state index contributed by atoms with van der Waals surface area (Å²) in [5.41, 5.74) is 1.22. The van der Waals surface area contributed by atoms with E-state index < -0.39 is 0 Å². The predicted octanol–water partition coefficient (Wildman–Crippen LogP) is 3.88. The average Bonchev–Trinajstić information content (AvgIpc) is 2.29. The highest BCUT2D eigenvalue weighted by Gasteiger charge is 2.14. The molecule has 0 radical (unpaired) electrons. The second kappa shape index (κ2) is 6.67. The first kappa shape index (κ1) is 12.3. The molecule has 0 saturated heterocycles. The van der Waals surface area contributed by atoms with E-state index in [1.165, 1.54) is 17.3 Å². The van der Waals surface area contributed by atoms with Crippen molar-refractivity contribution in [2.75, 3.05) is 0 Å². The Bertz CT molecular complexity index is 291. The normalized spacial score (nSPS) is 10.6. The Morgan fingerprint density at radius 1 is 1.20 bits per heavy atom. The molecule has 15 heavy (non-hydrogen) atoms. The van der Waals surface area contributed by atoms with Gasteiger partial charge in [0.05, 0.1) is 0 Å². The second-order valence-electron chi connectivity index (χ2n) is 3.61. The molecule has 0 amide bonds. The van der Waals surface area contributed by atoms with E-state index >= 15 is 0 Å². The lowest BCUT2D eigenvalue weighted by molar-refractivity contribution is -0.114. The lowest BCUT2D eigenvalue weighted by Gasteiger charge is -2.09. The number of benzene rings is 1. The lowest BCUT2D eigenvalue weighted by Crippen LogP contribution is -2.08. The Hall–Kier alpha value is -0.760. The Morgan fingerprint density at radius 3 is 2.33 bits per heavy atom. The van der Waals surface area contributed by atoms with Gasteiger partial charge < -0.3 is 0 Å². The molecule has 2 heteroatoms. The average molecular weight is 222 g/mol. The minimum atomic E-state index is 0.235. The third-order valence-corrected chi connectivity index (χ3v) is 3.64. The summed E-state index contributed by atoms with van der Waals surface area (Å²) in [7, 11) is 0. The molecule has 0 spiro atoms. The molecule has 0 N–H and O–H groups in total. The highest BCUT2D eigenvalue weighted by molar-refractivity contribution is 8.13. The lowest BCUT2D eigenvalue weighted by atomic mass is 10.1. The Morgan fingerprint density at radius 2 is 1.80 bits per heavy atom. The van der Waals surface area contributed by atoms with Gasteiger partial charge in [-0.2, -0.15) is 0 Å². The van der Waals surface area contributed by atoms with Crippen molar-refractivity contribution < 1.29 is 4.79 Å². The van der Waals surface area contributed by atoms with Crippen LogP contribution in [0.25, 0.3) is 0 Å². The molecule has 0 aliphatic carbocycles. The third-order valence-electron chi connectivity index (χ3n) is 2.54. The Balaban J connectivity index is 2.40. The molecule has 82 valence electrons. The number of hydrogen-bond acceptors (Lipinski definition) is 2. The van der Waals surface area contributed by atoms with E-state index in [0.29, 0.717) is 5.12 Å². The zero-order chi connectivity index (χ0) is 11.1. The van der Waals surface area contributed by atoms with Crippen LogP contribution >= 0.6 is 11.8 Å². The van der Waals surface area contributed by atoms with Crippen molar-refractivity contribution in [3.05, 3.63) is 35.9 Å². The van der Waals surface area contributed by atoms with Crippen molar-refractivity contribution >= 4 is 16.9 Å². The SMILES string of the molecule is CCC(CC)C(=O)SCc1ccccc1. The first-order valence-electron chi connectivity index (χ1n) is 5.48. The number of carbonyl (C=O) groups is 1.